The normalized spacial score (nSPS) is 12.1. The fourth-order valence-corrected chi connectivity index (χ4v) is 3.09. The number of carbonyl (C=O) groups excluding carboxylic acids is 1. The van der Waals surface area contributed by atoms with Crippen LogP contribution in [0.4, 0.5) is 4.79 Å². The molecule has 7 heteroatoms. The second-order valence-corrected chi connectivity index (χ2v) is 6.60. The van der Waals surface area contributed by atoms with Crippen LogP contribution in [0.1, 0.15) is 18.7 Å². The van der Waals surface area contributed by atoms with Gasteiger partial charge in [-0.2, -0.15) is 5.10 Å². The average Bonchev–Trinajstić information content (AvgIpc) is 3.07. The quantitative estimate of drug-likeness (QED) is 0.886. The fraction of sp³-hybridized carbons (Fsp3) is 0.429. The van der Waals surface area contributed by atoms with Crippen LogP contribution in [-0.2, 0) is 13.1 Å². The molecule has 0 saturated heterocycles. The highest BCUT2D eigenvalue weighted by Crippen LogP contribution is 2.22. The second-order valence-electron chi connectivity index (χ2n) is 4.80. The van der Waals surface area contributed by atoms with E-state index < -0.39 is 0 Å². The summed E-state index contributed by atoms with van der Waals surface area (Å²) in [5.41, 5.74) is 0. The van der Waals surface area contributed by atoms with E-state index in [2.05, 4.69) is 10.4 Å². The molecule has 0 unspecified atom stereocenters. The Morgan fingerprint density at radius 3 is 2.95 bits per heavy atom. The number of rotatable bonds is 6. The largest absolute Gasteiger partial charge is 0.334 e. The molecule has 2 aromatic rings. The van der Waals surface area contributed by atoms with E-state index in [9.17, 15) is 4.79 Å². The SMILES string of the molecule is CCN(Cc1ccc(Cl)s1)C(=O)N[C@H](C)Cn1cccn1. The predicted octanol–water partition coefficient (Wildman–Crippen LogP) is 3.22. The number of hydrogen-bond donors (Lipinski definition) is 1. The van der Waals surface area contributed by atoms with Crippen molar-refractivity contribution in [3.05, 3.63) is 39.8 Å². The highest BCUT2D eigenvalue weighted by Gasteiger charge is 2.15. The first-order valence-corrected chi connectivity index (χ1v) is 8.05. The van der Waals surface area contributed by atoms with Crippen LogP contribution in [0.25, 0.3) is 0 Å². The summed E-state index contributed by atoms with van der Waals surface area (Å²) in [6.07, 6.45) is 3.61. The molecule has 0 saturated carbocycles. The molecular weight excluding hydrogens is 308 g/mol. The minimum absolute atomic E-state index is 0.0124. The van der Waals surface area contributed by atoms with Crippen LogP contribution in [0.5, 0.6) is 0 Å². The van der Waals surface area contributed by atoms with E-state index in [0.717, 1.165) is 9.21 Å². The van der Waals surface area contributed by atoms with Gasteiger partial charge in [-0.05, 0) is 32.0 Å². The minimum atomic E-state index is -0.0679. The molecule has 5 nitrogen and oxygen atoms in total. The number of urea groups is 1. The standard InChI is InChI=1S/C14H19ClN4OS/c1-3-18(10-12-5-6-13(15)21-12)14(20)17-11(2)9-19-8-4-7-16-19/h4-8,11H,3,9-10H2,1-2H3,(H,17,20)/t11-/m1/s1. The third kappa shape index (κ3) is 4.75. The molecule has 2 aromatic heterocycles. The van der Waals surface area contributed by atoms with E-state index in [1.807, 2.05) is 38.2 Å². The first-order chi connectivity index (χ1) is 10.1. The molecule has 114 valence electrons. The number of halogens is 1. The number of nitrogens with zero attached hydrogens (tertiary/aromatic N) is 3. The minimum Gasteiger partial charge on any atom is -0.334 e. The van der Waals surface area contributed by atoms with Crippen LogP contribution in [-0.4, -0.2) is 33.3 Å². The Morgan fingerprint density at radius 2 is 2.38 bits per heavy atom. The first-order valence-electron chi connectivity index (χ1n) is 6.85. The highest BCUT2D eigenvalue weighted by atomic mass is 35.5. The van der Waals surface area contributed by atoms with E-state index in [1.54, 1.807) is 15.8 Å². The van der Waals surface area contributed by atoms with Gasteiger partial charge in [-0.3, -0.25) is 4.68 Å². The topological polar surface area (TPSA) is 50.2 Å². The Kier molecular flexibility index (Phi) is 5.64. The molecule has 0 spiro atoms. The first kappa shape index (κ1) is 15.9. The maximum atomic E-state index is 12.3. The van der Waals surface area contributed by atoms with E-state index in [1.165, 1.54) is 11.3 Å². The van der Waals surface area contributed by atoms with E-state index >= 15 is 0 Å². The van der Waals surface area contributed by atoms with Gasteiger partial charge in [0.25, 0.3) is 0 Å². The molecule has 2 amide bonds. The lowest BCUT2D eigenvalue weighted by Crippen LogP contribution is -2.44. The Labute approximate surface area is 133 Å². The predicted molar refractivity (Wildman–Crippen MR) is 85.6 cm³/mol. The van der Waals surface area contributed by atoms with Crippen molar-refractivity contribution in [1.29, 1.82) is 0 Å². The molecule has 0 aliphatic carbocycles. The molecular formula is C14H19ClN4OS. The van der Waals surface area contributed by atoms with Gasteiger partial charge < -0.3 is 10.2 Å². The van der Waals surface area contributed by atoms with E-state index in [4.69, 9.17) is 11.6 Å². The highest BCUT2D eigenvalue weighted by molar-refractivity contribution is 7.16. The van der Waals surface area contributed by atoms with Crippen molar-refractivity contribution in [2.75, 3.05) is 6.54 Å². The molecule has 0 aromatic carbocycles. The summed E-state index contributed by atoms with van der Waals surface area (Å²) < 4.78 is 2.55. The summed E-state index contributed by atoms with van der Waals surface area (Å²) in [6.45, 7) is 5.81. The zero-order valence-corrected chi connectivity index (χ0v) is 13.7. The molecule has 2 heterocycles. The lowest BCUT2D eigenvalue weighted by Gasteiger charge is -2.23. The summed E-state index contributed by atoms with van der Waals surface area (Å²) in [4.78, 5) is 15.1. The molecule has 0 fully saturated rings. The van der Waals surface area contributed by atoms with E-state index in [-0.39, 0.29) is 12.1 Å². The number of aromatic nitrogens is 2. The molecule has 0 radical (unpaired) electrons. The Bertz CT molecular complexity index is 569. The summed E-state index contributed by atoms with van der Waals surface area (Å²) in [7, 11) is 0. The lowest BCUT2D eigenvalue weighted by atomic mass is 10.3. The van der Waals surface area contributed by atoms with Crippen molar-refractivity contribution in [3.63, 3.8) is 0 Å². The summed E-state index contributed by atoms with van der Waals surface area (Å²) in [5, 5.41) is 7.13. The van der Waals surface area contributed by atoms with Gasteiger partial charge in [0.1, 0.15) is 0 Å². The van der Waals surface area contributed by atoms with Crippen LogP contribution < -0.4 is 5.32 Å². The Morgan fingerprint density at radius 1 is 1.57 bits per heavy atom. The Balaban J connectivity index is 1.87. The van der Waals surface area contributed by atoms with Crippen LogP contribution in [0, 0.1) is 0 Å². The van der Waals surface area contributed by atoms with Crippen LogP contribution >= 0.6 is 22.9 Å². The number of thiophene rings is 1. The zero-order valence-electron chi connectivity index (χ0n) is 12.1. The van der Waals surface area contributed by atoms with Crippen LogP contribution in [0.2, 0.25) is 4.34 Å². The van der Waals surface area contributed by atoms with Gasteiger partial charge in [-0.25, -0.2) is 4.79 Å². The molecule has 0 aliphatic rings. The monoisotopic (exact) mass is 326 g/mol. The smallest absolute Gasteiger partial charge is 0.317 e. The van der Waals surface area contributed by atoms with Crippen molar-refractivity contribution in [2.24, 2.45) is 0 Å². The van der Waals surface area contributed by atoms with Crippen molar-refractivity contribution >= 4 is 29.0 Å². The van der Waals surface area contributed by atoms with Gasteiger partial charge in [0.2, 0.25) is 0 Å². The van der Waals surface area contributed by atoms with Crippen LogP contribution in [0.3, 0.4) is 0 Å². The van der Waals surface area contributed by atoms with E-state index in [0.29, 0.717) is 19.6 Å². The molecule has 0 bridgehead atoms. The van der Waals surface area contributed by atoms with Crippen LogP contribution in [0.15, 0.2) is 30.6 Å². The van der Waals surface area contributed by atoms with Gasteiger partial charge in [-0.15, -0.1) is 11.3 Å². The number of nitrogens with one attached hydrogen (secondary N) is 1. The second kappa shape index (κ2) is 7.47. The van der Waals surface area contributed by atoms with Gasteiger partial charge in [0.05, 0.1) is 17.4 Å². The van der Waals surface area contributed by atoms with Gasteiger partial charge >= 0.3 is 6.03 Å². The Hall–Kier alpha value is -1.53. The zero-order chi connectivity index (χ0) is 15.2. The van der Waals surface area contributed by atoms with Crippen molar-refractivity contribution in [1.82, 2.24) is 20.0 Å². The maximum absolute atomic E-state index is 12.3. The molecule has 0 aliphatic heterocycles. The number of carbonyl (C=O) groups is 1. The fourth-order valence-electron chi connectivity index (χ4n) is 1.99. The van der Waals surface area contributed by atoms with Crippen molar-refractivity contribution in [3.8, 4) is 0 Å². The number of amides is 2. The lowest BCUT2D eigenvalue weighted by molar-refractivity contribution is 0.193. The molecule has 21 heavy (non-hydrogen) atoms. The van der Waals surface area contributed by atoms with Crippen molar-refractivity contribution in [2.45, 2.75) is 33.0 Å². The summed E-state index contributed by atoms with van der Waals surface area (Å²) in [5.74, 6) is 0. The van der Waals surface area contributed by atoms with Gasteiger partial charge in [0, 0.05) is 29.9 Å². The van der Waals surface area contributed by atoms with Gasteiger partial charge in [-0.1, -0.05) is 11.6 Å². The molecule has 2 rings (SSSR count). The van der Waals surface area contributed by atoms with Crippen molar-refractivity contribution < 1.29 is 4.79 Å². The molecule has 1 atom stereocenters. The average molecular weight is 327 g/mol. The number of hydrogen-bond acceptors (Lipinski definition) is 3. The maximum Gasteiger partial charge on any atom is 0.317 e. The molecule has 1 N–H and O–H groups in total. The third-order valence-corrected chi connectivity index (χ3v) is 4.25. The third-order valence-electron chi connectivity index (χ3n) is 3.03. The van der Waals surface area contributed by atoms with Gasteiger partial charge in [0.15, 0.2) is 0 Å². The summed E-state index contributed by atoms with van der Waals surface area (Å²) >= 11 is 7.42. The summed E-state index contributed by atoms with van der Waals surface area (Å²) in [6, 6.07) is 5.62.